The molecule has 0 spiro atoms. The molecule has 0 amide bonds. The van der Waals surface area contributed by atoms with Crippen molar-refractivity contribution in [3.63, 3.8) is 0 Å². The van der Waals surface area contributed by atoms with Gasteiger partial charge in [0.25, 0.3) is 0 Å². The molecule has 10 heteroatoms. The van der Waals surface area contributed by atoms with Crippen molar-refractivity contribution in [2.75, 3.05) is 23.0 Å². The summed E-state index contributed by atoms with van der Waals surface area (Å²) in [6.45, 7) is 0. The average molecular weight is 378 g/mol. The van der Waals surface area contributed by atoms with Crippen LogP contribution in [0.1, 0.15) is 0 Å². The standard InChI is InChI=1S/2C4H6Cl2O2S/c2*5-3-1-9(7,8)2-4(3)6/h2*3-4H,1-2H2/t3-,4-;/m1./s1. The Morgan fingerprint density at radius 3 is 0.778 bits per heavy atom. The van der Waals surface area contributed by atoms with Gasteiger partial charge in [0.05, 0.1) is 44.5 Å². The molecule has 4 nitrogen and oxygen atoms in total. The molecule has 2 heterocycles. The minimum absolute atomic E-state index is 0.0305. The molecule has 0 aliphatic carbocycles. The molecule has 0 aromatic carbocycles. The van der Waals surface area contributed by atoms with Crippen LogP contribution in [0.5, 0.6) is 0 Å². The van der Waals surface area contributed by atoms with Gasteiger partial charge in [-0.3, -0.25) is 0 Å². The lowest BCUT2D eigenvalue weighted by Crippen LogP contribution is -2.09. The summed E-state index contributed by atoms with van der Waals surface area (Å²) < 4.78 is 42.7. The van der Waals surface area contributed by atoms with E-state index in [4.69, 9.17) is 46.4 Å². The van der Waals surface area contributed by atoms with Crippen molar-refractivity contribution >= 4 is 66.1 Å². The molecule has 0 radical (unpaired) electrons. The van der Waals surface area contributed by atoms with Crippen LogP contribution in [0, 0.1) is 0 Å². The van der Waals surface area contributed by atoms with E-state index in [0.717, 1.165) is 0 Å². The van der Waals surface area contributed by atoms with E-state index in [0.29, 0.717) is 0 Å². The number of hydrogen-bond donors (Lipinski definition) is 0. The highest BCUT2D eigenvalue weighted by atomic mass is 35.5. The van der Waals surface area contributed by atoms with Gasteiger partial charge in [0, 0.05) is 0 Å². The normalized spacial score (nSPS) is 41.1. The van der Waals surface area contributed by atoms with E-state index in [-0.39, 0.29) is 23.0 Å². The SMILES string of the molecule is O=S1(=O)CC(Cl)C(Cl)C1.O=S1(=O)C[C@@H](Cl)[C@H](Cl)C1. The van der Waals surface area contributed by atoms with Gasteiger partial charge in [0.15, 0.2) is 19.7 Å². The van der Waals surface area contributed by atoms with Crippen LogP contribution in [-0.4, -0.2) is 61.4 Å². The lowest BCUT2D eigenvalue weighted by atomic mass is 10.4. The molecule has 0 aromatic rings. The number of hydrogen-bond acceptors (Lipinski definition) is 4. The molecule has 2 saturated heterocycles. The van der Waals surface area contributed by atoms with Crippen LogP contribution in [-0.2, 0) is 19.7 Å². The summed E-state index contributed by atoms with van der Waals surface area (Å²) >= 11 is 22.1. The lowest BCUT2D eigenvalue weighted by molar-refractivity contribution is 0.600. The molecule has 2 rings (SSSR count). The molecule has 0 aromatic heterocycles. The van der Waals surface area contributed by atoms with Crippen molar-refractivity contribution in [3.05, 3.63) is 0 Å². The van der Waals surface area contributed by atoms with Crippen molar-refractivity contribution in [1.82, 2.24) is 0 Å². The largest absolute Gasteiger partial charge is 0.229 e. The Bertz CT molecular complexity index is 411. The summed E-state index contributed by atoms with van der Waals surface area (Å²) in [5.74, 6) is 0.122. The van der Waals surface area contributed by atoms with Crippen LogP contribution in [0.4, 0.5) is 0 Å². The van der Waals surface area contributed by atoms with Gasteiger partial charge in [-0.05, 0) is 0 Å². The molecule has 0 N–H and O–H groups in total. The Hall–Kier alpha value is 1.06. The summed E-state index contributed by atoms with van der Waals surface area (Å²) in [6, 6.07) is 0. The first kappa shape index (κ1) is 17.1. The molecule has 2 fully saturated rings. The van der Waals surface area contributed by atoms with Gasteiger partial charge in [0.1, 0.15) is 0 Å². The highest BCUT2D eigenvalue weighted by molar-refractivity contribution is 7.92. The summed E-state index contributed by atoms with van der Waals surface area (Å²) in [6.07, 6.45) is 0. The first-order chi connectivity index (χ1) is 8.02. The quantitative estimate of drug-likeness (QED) is 0.596. The maximum Gasteiger partial charge on any atom is 0.153 e. The van der Waals surface area contributed by atoms with Crippen molar-refractivity contribution < 1.29 is 16.8 Å². The second-order valence-electron chi connectivity index (χ2n) is 4.22. The second-order valence-corrected chi connectivity index (χ2v) is 10.8. The maximum atomic E-state index is 10.7. The molecular weight excluding hydrogens is 366 g/mol. The number of halogens is 4. The fourth-order valence-corrected chi connectivity index (χ4v) is 7.75. The first-order valence-corrected chi connectivity index (χ1v) is 10.4. The van der Waals surface area contributed by atoms with Gasteiger partial charge in [-0.1, -0.05) is 0 Å². The highest BCUT2D eigenvalue weighted by Crippen LogP contribution is 2.22. The van der Waals surface area contributed by atoms with Gasteiger partial charge in [0.2, 0.25) is 0 Å². The molecular formula is C8H12Cl4O4S2. The van der Waals surface area contributed by atoms with Crippen LogP contribution >= 0.6 is 46.4 Å². The Morgan fingerprint density at radius 1 is 0.556 bits per heavy atom. The maximum absolute atomic E-state index is 10.7. The predicted octanol–water partition coefficient (Wildman–Crippen LogP) is 1.26. The lowest BCUT2D eigenvalue weighted by Gasteiger charge is -1.97. The summed E-state index contributed by atoms with van der Waals surface area (Å²) in [7, 11) is -5.82. The zero-order valence-corrected chi connectivity index (χ0v) is 13.8. The van der Waals surface area contributed by atoms with E-state index in [9.17, 15) is 16.8 Å². The van der Waals surface area contributed by atoms with Crippen LogP contribution < -0.4 is 0 Å². The van der Waals surface area contributed by atoms with Crippen LogP contribution in [0.2, 0.25) is 0 Å². The Kier molecular flexibility index (Phi) is 5.92. The zero-order valence-electron chi connectivity index (χ0n) is 9.10. The Morgan fingerprint density at radius 2 is 0.722 bits per heavy atom. The van der Waals surface area contributed by atoms with Crippen LogP contribution in [0.15, 0.2) is 0 Å². The van der Waals surface area contributed by atoms with Gasteiger partial charge < -0.3 is 0 Å². The summed E-state index contributed by atoms with van der Waals surface area (Å²) in [4.78, 5) is 0. The fraction of sp³-hybridized carbons (Fsp3) is 1.00. The molecule has 2 unspecified atom stereocenters. The summed E-state index contributed by atoms with van der Waals surface area (Å²) in [5.41, 5.74) is 0. The minimum atomic E-state index is -2.91. The number of alkyl halides is 4. The van der Waals surface area contributed by atoms with Crippen LogP contribution in [0.3, 0.4) is 0 Å². The monoisotopic (exact) mass is 376 g/mol. The Balaban J connectivity index is 0.000000180. The van der Waals surface area contributed by atoms with Crippen LogP contribution in [0.25, 0.3) is 0 Å². The smallest absolute Gasteiger partial charge is 0.153 e. The molecule has 4 atom stereocenters. The van der Waals surface area contributed by atoms with E-state index >= 15 is 0 Å². The van der Waals surface area contributed by atoms with Crippen molar-refractivity contribution in [2.45, 2.75) is 21.5 Å². The molecule has 0 saturated carbocycles. The van der Waals surface area contributed by atoms with Gasteiger partial charge in [-0.15, -0.1) is 46.4 Å². The van der Waals surface area contributed by atoms with Crippen molar-refractivity contribution in [2.24, 2.45) is 0 Å². The van der Waals surface area contributed by atoms with E-state index in [1.165, 1.54) is 0 Å². The minimum Gasteiger partial charge on any atom is -0.229 e. The number of rotatable bonds is 0. The second kappa shape index (κ2) is 6.22. The van der Waals surface area contributed by atoms with E-state index < -0.39 is 41.2 Å². The zero-order chi connectivity index (χ0) is 14.1. The van der Waals surface area contributed by atoms with Crippen molar-refractivity contribution in [1.29, 1.82) is 0 Å². The molecule has 0 bridgehead atoms. The third kappa shape index (κ3) is 5.21. The fourth-order valence-electron chi connectivity index (χ4n) is 1.52. The third-order valence-electron chi connectivity index (χ3n) is 2.44. The van der Waals surface area contributed by atoms with E-state index in [1.54, 1.807) is 0 Å². The third-order valence-corrected chi connectivity index (χ3v) is 8.73. The first-order valence-electron chi connectivity index (χ1n) is 4.99. The Labute approximate surface area is 127 Å². The van der Waals surface area contributed by atoms with Crippen molar-refractivity contribution in [3.8, 4) is 0 Å². The van der Waals surface area contributed by atoms with Gasteiger partial charge in [-0.2, -0.15) is 0 Å². The highest BCUT2D eigenvalue weighted by Gasteiger charge is 2.35. The number of sulfone groups is 2. The molecule has 108 valence electrons. The summed E-state index contributed by atoms with van der Waals surface area (Å²) in [5, 5.41) is -1.57. The van der Waals surface area contributed by atoms with E-state index in [1.807, 2.05) is 0 Å². The molecule has 18 heavy (non-hydrogen) atoms. The average Bonchev–Trinajstić information content (AvgIpc) is 2.49. The molecule has 2 aliphatic heterocycles. The topological polar surface area (TPSA) is 68.3 Å². The van der Waals surface area contributed by atoms with Gasteiger partial charge >= 0.3 is 0 Å². The van der Waals surface area contributed by atoms with E-state index in [2.05, 4.69) is 0 Å². The predicted molar refractivity (Wildman–Crippen MR) is 75.9 cm³/mol. The molecule has 2 aliphatic rings. The van der Waals surface area contributed by atoms with Gasteiger partial charge in [-0.25, -0.2) is 16.8 Å².